The van der Waals surface area contributed by atoms with Crippen LogP contribution in [-0.4, -0.2) is 25.0 Å². The summed E-state index contributed by atoms with van der Waals surface area (Å²) in [6.45, 7) is 7.00. The third kappa shape index (κ3) is 6.58. The molecular formula is C10H22N2O. The molecule has 1 amide bonds. The van der Waals surface area contributed by atoms with Crippen LogP contribution in [0.4, 0.5) is 0 Å². The Labute approximate surface area is 81.3 Å². The first-order valence-electron chi connectivity index (χ1n) is 4.97. The fourth-order valence-electron chi connectivity index (χ4n) is 1.37. The van der Waals surface area contributed by atoms with Crippen LogP contribution >= 0.6 is 0 Å². The first-order valence-corrected chi connectivity index (χ1v) is 4.97. The molecular weight excluding hydrogens is 164 g/mol. The molecule has 0 atom stereocenters. The van der Waals surface area contributed by atoms with E-state index in [2.05, 4.69) is 31.4 Å². The van der Waals surface area contributed by atoms with E-state index >= 15 is 0 Å². The topological polar surface area (TPSA) is 41.1 Å². The van der Waals surface area contributed by atoms with Crippen molar-refractivity contribution in [2.45, 2.75) is 45.6 Å². The van der Waals surface area contributed by atoms with Crippen molar-refractivity contribution >= 4 is 5.91 Å². The van der Waals surface area contributed by atoms with Crippen LogP contribution in [0, 0.1) is 0 Å². The van der Waals surface area contributed by atoms with Gasteiger partial charge in [0.05, 0.1) is 0 Å². The van der Waals surface area contributed by atoms with Crippen molar-refractivity contribution in [3.8, 4) is 0 Å². The van der Waals surface area contributed by atoms with Crippen molar-refractivity contribution in [2.24, 2.45) is 0 Å². The van der Waals surface area contributed by atoms with E-state index in [1.807, 2.05) is 7.05 Å². The molecule has 0 aliphatic carbocycles. The molecule has 0 fully saturated rings. The van der Waals surface area contributed by atoms with Gasteiger partial charge in [0.25, 0.3) is 0 Å². The van der Waals surface area contributed by atoms with Crippen molar-refractivity contribution in [1.82, 2.24) is 10.6 Å². The summed E-state index contributed by atoms with van der Waals surface area (Å²) in [5.74, 6) is 0.132. The van der Waals surface area contributed by atoms with Gasteiger partial charge in [-0.05, 0) is 27.3 Å². The maximum absolute atomic E-state index is 11.3. The van der Waals surface area contributed by atoms with E-state index in [4.69, 9.17) is 0 Å². The molecule has 0 heterocycles. The van der Waals surface area contributed by atoms with Gasteiger partial charge in [-0.15, -0.1) is 0 Å². The minimum atomic E-state index is -0.0560. The number of nitrogens with one attached hydrogen (secondary N) is 2. The summed E-state index contributed by atoms with van der Waals surface area (Å²) >= 11 is 0. The van der Waals surface area contributed by atoms with Gasteiger partial charge in [-0.25, -0.2) is 0 Å². The van der Waals surface area contributed by atoms with E-state index in [1.54, 1.807) is 0 Å². The zero-order valence-electron chi connectivity index (χ0n) is 9.24. The quantitative estimate of drug-likeness (QED) is 0.656. The van der Waals surface area contributed by atoms with Crippen molar-refractivity contribution < 1.29 is 4.79 Å². The minimum Gasteiger partial charge on any atom is -0.351 e. The molecule has 0 bridgehead atoms. The minimum absolute atomic E-state index is 0.0560. The van der Waals surface area contributed by atoms with Crippen molar-refractivity contribution in [2.75, 3.05) is 13.6 Å². The highest BCUT2D eigenvalue weighted by molar-refractivity contribution is 5.76. The average Bonchev–Trinajstić information content (AvgIpc) is 1.99. The molecule has 78 valence electrons. The van der Waals surface area contributed by atoms with Crippen molar-refractivity contribution in [3.63, 3.8) is 0 Å². The number of hydrogen-bond donors (Lipinski definition) is 2. The van der Waals surface area contributed by atoms with Crippen LogP contribution in [0.2, 0.25) is 0 Å². The van der Waals surface area contributed by atoms with Crippen molar-refractivity contribution in [1.29, 1.82) is 0 Å². The van der Waals surface area contributed by atoms with E-state index in [1.165, 1.54) is 0 Å². The Bertz CT molecular complexity index is 155. The second kappa shape index (κ2) is 5.97. The summed E-state index contributed by atoms with van der Waals surface area (Å²) in [6, 6.07) is 0. The van der Waals surface area contributed by atoms with Crippen molar-refractivity contribution in [3.05, 3.63) is 0 Å². The van der Waals surface area contributed by atoms with Gasteiger partial charge >= 0.3 is 0 Å². The summed E-state index contributed by atoms with van der Waals surface area (Å²) in [4.78, 5) is 11.3. The lowest BCUT2D eigenvalue weighted by Crippen LogP contribution is -2.43. The van der Waals surface area contributed by atoms with Gasteiger partial charge in [-0.2, -0.15) is 0 Å². The zero-order valence-corrected chi connectivity index (χ0v) is 9.24. The van der Waals surface area contributed by atoms with Gasteiger partial charge in [0, 0.05) is 18.5 Å². The molecule has 0 saturated carbocycles. The lowest BCUT2D eigenvalue weighted by molar-refractivity contribution is -0.122. The van der Waals surface area contributed by atoms with Gasteiger partial charge in [0.2, 0.25) is 5.91 Å². The predicted octanol–water partition coefficient (Wildman–Crippen LogP) is 1.29. The number of carbonyl (C=O) groups is 1. The Kier molecular flexibility index (Phi) is 5.71. The number of amides is 1. The second-order valence-electron chi connectivity index (χ2n) is 4.04. The molecule has 3 nitrogen and oxygen atoms in total. The Hall–Kier alpha value is -0.570. The summed E-state index contributed by atoms with van der Waals surface area (Å²) in [6.07, 6.45) is 2.68. The fourth-order valence-corrected chi connectivity index (χ4v) is 1.37. The van der Waals surface area contributed by atoms with Crippen LogP contribution in [0.3, 0.4) is 0 Å². The fraction of sp³-hybridized carbons (Fsp3) is 0.900. The largest absolute Gasteiger partial charge is 0.351 e. The molecule has 2 N–H and O–H groups in total. The van der Waals surface area contributed by atoms with Gasteiger partial charge in [-0.3, -0.25) is 4.79 Å². The third-order valence-electron chi connectivity index (χ3n) is 1.95. The van der Waals surface area contributed by atoms with Crippen LogP contribution in [0.15, 0.2) is 0 Å². The van der Waals surface area contributed by atoms with Crippen LogP contribution in [0.1, 0.15) is 40.0 Å². The highest BCUT2D eigenvalue weighted by atomic mass is 16.1. The Balaban J connectivity index is 3.75. The predicted molar refractivity (Wildman–Crippen MR) is 55.7 cm³/mol. The average molecular weight is 186 g/mol. The van der Waals surface area contributed by atoms with Crippen LogP contribution in [0.25, 0.3) is 0 Å². The Morgan fingerprint density at radius 1 is 1.38 bits per heavy atom. The van der Waals surface area contributed by atoms with E-state index in [0.29, 0.717) is 6.42 Å². The van der Waals surface area contributed by atoms with E-state index < -0.39 is 0 Å². The van der Waals surface area contributed by atoms with E-state index in [9.17, 15) is 4.79 Å². The molecule has 0 aromatic heterocycles. The SMILES string of the molecule is CCCC(C)(C)NC(=O)CCNC. The number of rotatable bonds is 6. The van der Waals surface area contributed by atoms with Crippen LogP contribution in [0.5, 0.6) is 0 Å². The summed E-state index contributed by atoms with van der Waals surface area (Å²) in [5.41, 5.74) is -0.0560. The summed E-state index contributed by atoms with van der Waals surface area (Å²) < 4.78 is 0. The number of hydrogen-bond acceptors (Lipinski definition) is 2. The molecule has 0 aromatic rings. The maximum atomic E-state index is 11.3. The molecule has 0 unspecified atom stereocenters. The van der Waals surface area contributed by atoms with Crippen LogP contribution in [-0.2, 0) is 4.79 Å². The highest BCUT2D eigenvalue weighted by Gasteiger charge is 2.18. The van der Waals surface area contributed by atoms with E-state index in [0.717, 1.165) is 19.4 Å². The number of carbonyl (C=O) groups excluding carboxylic acids is 1. The first-order chi connectivity index (χ1) is 6.02. The summed E-state index contributed by atoms with van der Waals surface area (Å²) in [5, 5.41) is 5.97. The third-order valence-corrected chi connectivity index (χ3v) is 1.95. The molecule has 0 aliphatic rings. The van der Waals surface area contributed by atoms with Gasteiger partial charge in [0.1, 0.15) is 0 Å². The molecule has 13 heavy (non-hydrogen) atoms. The summed E-state index contributed by atoms with van der Waals surface area (Å²) in [7, 11) is 1.85. The monoisotopic (exact) mass is 186 g/mol. The van der Waals surface area contributed by atoms with Gasteiger partial charge in [0.15, 0.2) is 0 Å². The highest BCUT2D eigenvalue weighted by Crippen LogP contribution is 2.10. The molecule has 0 spiro atoms. The first kappa shape index (κ1) is 12.4. The zero-order chi connectivity index (χ0) is 10.3. The lowest BCUT2D eigenvalue weighted by Gasteiger charge is -2.25. The van der Waals surface area contributed by atoms with Gasteiger partial charge < -0.3 is 10.6 Å². The Morgan fingerprint density at radius 3 is 2.46 bits per heavy atom. The molecule has 0 rings (SSSR count). The maximum Gasteiger partial charge on any atom is 0.221 e. The molecule has 0 saturated heterocycles. The molecule has 0 aliphatic heterocycles. The normalized spacial score (nSPS) is 11.4. The molecule has 3 heteroatoms. The van der Waals surface area contributed by atoms with Gasteiger partial charge in [-0.1, -0.05) is 13.3 Å². The van der Waals surface area contributed by atoms with E-state index in [-0.39, 0.29) is 11.4 Å². The Morgan fingerprint density at radius 2 is 2.00 bits per heavy atom. The standard InChI is InChI=1S/C10H22N2O/c1-5-7-10(2,3)12-9(13)6-8-11-4/h11H,5-8H2,1-4H3,(H,12,13). The lowest BCUT2D eigenvalue weighted by atomic mass is 9.99. The molecule has 0 radical (unpaired) electrons. The molecule has 0 aromatic carbocycles. The van der Waals surface area contributed by atoms with Crippen LogP contribution < -0.4 is 10.6 Å². The smallest absolute Gasteiger partial charge is 0.221 e. The second-order valence-corrected chi connectivity index (χ2v) is 4.04.